The van der Waals surface area contributed by atoms with Gasteiger partial charge in [0, 0.05) is 17.8 Å². The molecule has 2 fully saturated rings. The first-order chi connectivity index (χ1) is 12.6. The van der Waals surface area contributed by atoms with Gasteiger partial charge in [-0.1, -0.05) is 12.1 Å². The van der Waals surface area contributed by atoms with Crippen LogP contribution in [0, 0.1) is 0 Å². The van der Waals surface area contributed by atoms with Crippen molar-refractivity contribution in [3.63, 3.8) is 0 Å². The lowest BCUT2D eigenvalue weighted by atomic mass is 10.1. The largest absolute Gasteiger partial charge is 0.497 e. The molecule has 9 heteroatoms. The van der Waals surface area contributed by atoms with Crippen LogP contribution in [0.1, 0.15) is 18.1 Å². The van der Waals surface area contributed by atoms with Crippen LogP contribution >= 0.6 is 0 Å². The van der Waals surface area contributed by atoms with Gasteiger partial charge in [-0.15, -0.1) is 0 Å². The minimum atomic E-state index is -0.815. The van der Waals surface area contributed by atoms with Crippen LogP contribution in [-0.2, 0) is 14.2 Å². The monoisotopic (exact) mass is 362 g/mol. The first-order valence-electron chi connectivity index (χ1n) is 8.13. The summed E-state index contributed by atoms with van der Waals surface area (Å²) >= 11 is 0. The molecule has 0 radical (unpaired) electrons. The Hall–Kier alpha value is -2.46. The number of ether oxygens (including phenoxy) is 4. The van der Waals surface area contributed by atoms with Gasteiger partial charge in [0.1, 0.15) is 24.1 Å². The highest BCUT2D eigenvalue weighted by Gasteiger charge is 2.53. The molecular formula is C17H18N2O7. The van der Waals surface area contributed by atoms with E-state index in [9.17, 15) is 14.7 Å². The number of aliphatic hydroxyl groups excluding tert-OH is 1. The van der Waals surface area contributed by atoms with Crippen molar-refractivity contribution in [2.24, 2.45) is 0 Å². The maximum Gasteiger partial charge on any atom is 0.330 e. The van der Waals surface area contributed by atoms with Crippen molar-refractivity contribution in [3.8, 4) is 5.75 Å². The first-order valence-corrected chi connectivity index (χ1v) is 8.13. The van der Waals surface area contributed by atoms with E-state index in [4.69, 9.17) is 18.9 Å². The molecule has 0 spiro atoms. The lowest BCUT2D eigenvalue weighted by molar-refractivity contribution is -0.155. The number of H-pyrrole nitrogens is 1. The molecule has 2 aliphatic rings. The van der Waals surface area contributed by atoms with Crippen LogP contribution in [0.5, 0.6) is 5.75 Å². The molecule has 4 rings (SSSR count). The summed E-state index contributed by atoms with van der Waals surface area (Å²) in [5.41, 5.74) is -0.333. The number of nitrogens with zero attached hydrogens (tertiary/aromatic N) is 1. The smallest absolute Gasteiger partial charge is 0.330 e. The minimum Gasteiger partial charge on any atom is -0.497 e. The van der Waals surface area contributed by atoms with Crippen molar-refractivity contribution >= 4 is 0 Å². The lowest BCUT2D eigenvalue weighted by Crippen LogP contribution is -2.36. The van der Waals surface area contributed by atoms with Crippen LogP contribution < -0.4 is 16.0 Å². The number of aromatic nitrogens is 2. The number of fused-ring (bicyclic) bond motifs is 1. The first kappa shape index (κ1) is 17.0. The summed E-state index contributed by atoms with van der Waals surface area (Å²) in [6.07, 6.45) is -1.93. The topological polar surface area (TPSA) is 112 Å². The number of benzene rings is 1. The summed E-state index contributed by atoms with van der Waals surface area (Å²) in [6, 6.07) is 8.45. The fraction of sp³-hybridized carbons (Fsp3) is 0.412. The van der Waals surface area contributed by atoms with Crippen molar-refractivity contribution in [1.29, 1.82) is 0 Å². The fourth-order valence-electron chi connectivity index (χ4n) is 3.25. The van der Waals surface area contributed by atoms with Crippen molar-refractivity contribution in [1.82, 2.24) is 9.55 Å². The van der Waals surface area contributed by atoms with E-state index in [1.165, 1.54) is 16.8 Å². The van der Waals surface area contributed by atoms with Crippen LogP contribution in [0.4, 0.5) is 0 Å². The van der Waals surface area contributed by atoms with Crippen molar-refractivity contribution in [3.05, 3.63) is 62.9 Å². The van der Waals surface area contributed by atoms with Crippen LogP contribution in [0.3, 0.4) is 0 Å². The minimum absolute atomic E-state index is 0.283. The Labute approximate surface area is 147 Å². The maximum atomic E-state index is 12.1. The number of aromatic amines is 1. The van der Waals surface area contributed by atoms with E-state index in [1.807, 2.05) is 12.1 Å². The van der Waals surface area contributed by atoms with Crippen LogP contribution in [0.2, 0.25) is 0 Å². The van der Waals surface area contributed by atoms with Gasteiger partial charge in [-0.3, -0.25) is 14.3 Å². The predicted octanol–water partition coefficient (Wildman–Crippen LogP) is -0.0823. The van der Waals surface area contributed by atoms with E-state index in [-0.39, 0.29) is 6.61 Å². The van der Waals surface area contributed by atoms with E-state index < -0.39 is 42.1 Å². The third-order valence-electron chi connectivity index (χ3n) is 4.54. The third-order valence-corrected chi connectivity index (χ3v) is 4.54. The zero-order valence-electron chi connectivity index (χ0n) is 13.9. The zero-order valence-corrected chi connectivity index (χ0v) is 13.9. The van der Waals surface area contributed by atoms with Crippen molar-refractivity contribution < 1.29 is 24.1 Å². The van der Waals surface area contributed by atoms with Gasteiger partial charge in [-0.25, -0.2) is 4.79 Å². The molecule has 2 N–H and O–H groups in total. The second kappa shape index (κ2) is 6.69. The Morgan fingerprint density at radius 3 is 2.50 bits per heavy atom. The second-order valence-corrected chi connectivity index (χ2v) is 6.07. The van der Waals surface area contributed by atoms with E-state index in [2.05, 4.69) is 4.98 Å². The molecule has 0 saturated carbocycles. The molecule has 0 amide bonds. The molecule has 2 aliphatic heterocycles. The molecule has 1 aromatic carbocycles. The Morgan fingerprint density at radius 1 is 1.12 bits per heavy atom. The van der Waals surface area contributed by atoms with Crippen LogP contribution in [0.15, 0.2) is 46.1 Å². The summed E-state index contributed by atoms with van der Waals surface area (Å²) in [6.45, 7) is -0.283. The molecule has 5 atom stereocenters. The number of hydrogen-bond donors (Lipinski definition) is 2. The quantitative estimate of drug-likeness (QED) is 0.782. The van der Waals surface area contributed by atoms with Crippen molar-refractivity contribution in [2.45, 2.75) is 30.8 Å². The lowest BCUT2D eigenvalue weighted by Gasteiger charge is -2.21. The number of nitrogens with one attached hydrogen (secondary N) is 1. The summed E-state index contributed by atoms with van der Waals surface area (Å²) in [5.74, 6) is 0.709. The highest BCUT2D eigenvalue weighted by Crippen LogP contribution is 2.43. The Morgan fingerprint density at radius 2 is 1.85 bits per heavy atom. The van der Waals surface area contributed by atoms with Gasteiger partial charge in [-0.2, -0.15) is 0 Å². The Bertz CT molecular complexity index is 891. The maximum absolute atomic E-state index is 12.1. The van der Waals surface area contributed by atoms with Gasteiger partial charge in [0.2, 0.25) is 0 Å². The molecule has 3 heterocycles. The van der Waals surface area contributed by atoms with Gasteiger partial charge in [-0.05, 0) is 12.1 Å². The predicted molar refractivity (Wildman–Crippen MR) is 87.8 cm³/mol. The molecule has 0 aliphatic carbocycles. The number of aliphatic hydroxyl groups is 1. The molecule has 2 aromatic rings. The Balaban J connectivity index is 1.62. The Kier molecular flexibility index (Phi) is 4.37. The van der Waals surface area contributed by atoms with E-state index in [1.54, 1.807) is 19.2 Å². The molecule has 26 heavy (non-hydrogen) atoms. The van der Waals surface area contributed by atoms with E-state index in [0.29, 0.717) is 5.75 Å². The molecule has 1 aromatic heterocycles. The van der Waals surface area contributed by atoms with E-state index in [0.717, 1.165) is 5.56 Å². The standard InChI is InChI=1S/C17H18N2O7/c1-23-10-4-2-9(3-5-10)16-25-13-11(8-20)24-15(14(13)26-16)19-7-6-12(21)18-17(19)22/h2-7,11,13-16,20H,8H2,1H3,(H,18,21,22)/t11-,13-,14-,15-,16?/m1/s1. The third kappa shape index (κ3) is 2.84. The average Bonchev–Trinajstić information content (AvgIpc) is 3.21. The fourth-order valence-corrected chi connectivity index (χ4v) is 3.25. The van der Waals surface area contributed by atoms with Crippen LogP contribution in [0.25, 0.3) is 0 Å². The van der Waals surface area contributed by atoms with Gasteiger partial charge >= 0.3 is 5.69 Å². The van der Waals surface area contributed by atoms with Gasteiger partial charge in [0.05, 0.1) is 13.7 Å². The number of rotatable bonds is 4. The summed E-state index contributed by atoms with van der Waals surface area (Å²) < 4.78 is 24.0. The normalized spacial score (nSPS) is 30.3. The highest BCUT2D eigenvalue weighted by molar-refractivity contribution is 5.28. The van der Waals surface area contributed by atoms with Gasteiger partial charge < -0.3 is 24.1 Å². The summed E-state index contributed by atoms with van der Waals surface area (Å²) in [5, 5.41) is 9.59. The molecule has 138 valence electrons. The van der Waals surface area contributed by atoms with E-state index >= 15 is 0 Å². The summed E-state index contributed by atoms with van der Waals surface area (Å²) in [4.78, 5) is 25.5. The molecule has 2 saturated heterocycles. The molecule has 0 bridgehead atoms. The number of methoxy groups -OCH3 is 1. The molecule has 1 unspecified atom stereocenters. The van der Waals surface area contributed by atoms with Crippen LogP contribution in [-0.4, -0.2) is 46.7 Å². The average molecular weight is 362 g/mol. The van der Waals surface area contributed by atoms with Gasteiger partial charge in [0.15, 0.2) is 12.5 Å². The molecular weight excluding hydrogens is 344 g/mol. The summed E-state index contributed by atoms with van der Waals surface area (Å²) in [7, 11) is 1.58. The SMILES string of the molecule is COc1ccc(C2O[C@@H]3[C@H](O2)[C@@H](CO)O[C@H]3n2ccc(=O)[nH]c2=O)cc1. The molecule has 9 nitrogen and oxygen atoms in total. The number of hydrogen-bond acceptors (Lipinski definition) is 7. The highest BCUT2D eigenvalue weighted by atomic mass is 16.8. The van der Waals surface area contributed by atoms with Gasteiger partial charge in [0.25, 0.3) is 5.56 Å². The second-order valence-electron chi connectivity index (χ2n) is 6.07. The van der Waals surface area contributed by atoms with Crippen molar-refractivity contribution in [2.75, 3.05) is 13.7 Å². The zero-order chi connectivity index (χ0) is 18.3.